The Bertz CT molecular complexity index is 950. The standard InChI is InChI=1S/C27H30FNO2/c1-22-20-29(17-18-30-25-12-6-3-7-13-25)16-15-27(22,28)24-11-8-14-26(19-24)31-21-23-9-4-2-5-10-23/h2-14,19,22H,15-18,20-21H2,1H3. The van der Waals surface area contributed by atoms with Crippen molar-refractivity contribution in [3.63, 3.8) is 0 Å². The van der Waals surface area contributed by atoms with E-state index in [4.69, 9.17) is 9.47 Å². The van der Waals surface area contributed by atoms with Crippen LogP contribution in [0.4, 0.5) is 4.39 Å². The predicted molar refractivity (Wildman–Crippen MR) is 122 cm³/mol. The highest BCUT2D eigenvalue weighted by atomic mass is 19.1. The highest BCUT2D eigenvalue weighted by Crippen LogP contribution is 2.42. The SMILES string of the molecule is CC1CN(CCOc2ccccc2)CCC1(F)c1cccc(OCc2ccccc2)c1. The van der Waals surface area contributed by atoms with Crippen LogP contribution in [0.3, 0.4) is 0 Å². The molecule has 0 saturated carbocycles. The third-order valence-corrected chi connectivity index (χ3v) is 6.09. The first-order chi connectivity index (χ1) is 15.1. The minimum Gasteiger partial charge on any atom is -0.492 e. The van der Waals surface area contributed by atoms with Crippen LogP contribution in [-0.2, 0) is 12.3 Å². The second-order valence-corrected chi connectivity index (χ2v) is 8.28. The molecule has 0 bridgehead atoms. The third-order valence-electron chi connectivity index (χ3n) is 6.09. The second kappa shape index (κ2) is 9.97. The Kier molecular flexibility index (Phi) is 6.88. The Hall–Kier alpha value is -2.85. The average Bonchev–Trinajstić information content (AvgIpc) is 2.82. The van der Waals surface area contributed by atoms with Gasteiger partial charge in [-0.1, -0.05) is 67.6 Å². The zero-order valence-electron chi connectivity index (χ0n) is 18.0. The molecule has 0 radical (unpaired) electrons. The van der Waals surface area contributed by atoms with Crippen molar-refractivity contribution in [1.29, 1.82) is 0 Å². The van der Waals surface area contributed by atoms with Crippen molar-refractivity contribution in [1.82, 2.24) is 4.90 Å². The van der Waals surface area contributed by atoms with Gasteiger partial charge in [-0.3, -0.25) is 4.90 Å². The van der Waals surface area contributed by atoms with Gasteiger partial charge >= 0.3 is 0 Å². The number of hydrogen-bond acceptors (Lipinski definition) is 3. The third kappa shape index (κ3) is 5.45. The summed E-state index contributed by atoms with van der Waals surface area (Å²) < 4.78 is 27.8. The summed E-state index contributed by atoms with van der Waals surface area (Å²) in [5.74, 6) is 1.48. The summed E-state index contributed by atoms with van der Waals surface area (Å²) in [6, 6.07) is 27.4. The predicted octanol–water partition coefficient (Wildman–Crippen LogP) is 5.85. The minimum atomic E-state index is -1.34. The van der Waals surface area contributed by atoms with Crippen molar-refractivity contribution < 1.29 is 13.9 Å². The maximum Gasteiger partial charge on any atom is 0.141 e. The van der Waals surface area contributed by atoms with E-state index in [-0.39, 0.29) is 5.92 Å². The smallest absolute Gasteiger partial charge is 0.141 e. The van der Waals surface area contributed by atoms with Crippen molar-refractivity contribution in [2.45, 2.75) is 25.6 Å². The summed E-state index contributed by atoms with van der Waals surface area (Å²) in [5, 5.41) is 0. The van der Waals surface area contributed by atoms with Gasteiger partial charge in [0.25, 0.3) is 0 Å². The largest absolute Gasteiger partial charge is 0.492 e. The highest BCUT2D eigenvalue weighted by Gasteiger charge is 2.42. The topological polar surface area (TPSA) is 21.7 Å². The first-order valence-corrected chi connectivity index (χ1v) is 11.0. The van der Waals surface area contributed by atoms with Gasteiger partial charge in [-0.15, -0.1) is 0 Å². The van der Waals surface area contributed by atoms with Gasteiger partial charge in [0.2, 0.25) is 0 Å². The molecule has 1 aliphatic heterocycles. The van der Waals surface area contributed by atoms with Gasteiger partial charge in [-0.05, 0) is 41.8 Å². The van der Waals surface area contributed by atoms with Crippen LogP contribution in [0.15, 0.2) is 84.9 Å². The van der Waals surface area contributed by atoms with Crippen molar-refractivity contribution in [3.05, 3.63) is 96.1 Å². The van der Waals surface area contributed by atoms with Crippen LogP contribution < -0.4 is 9.47 Å². The van der Waals surface area contributed by atoms with E-state index in [1.54, 1.807) is 0 Å². The van der Waals surface area contributed by atoms with E-state index >= 15 is 4.39 Å². The number of para-hydroxylation sites is 1. The minimum absolute atomic E-state index is 0.109. The van der Waals surface area contributed by atoms with Crippen molar-refractivity contribution in [3.8, 4) is 11.5 Å². The van der Waals surface area contributed by atoms with Gasteiger partial charge in [-0.25, -0.2) is 4.39 Å². The maximum absolute atomic E-state index is 16.1. The number of hydrogen-bond donors (Lipinski definition) is 0. The highest BCUT2D eigenvalue weighted by molar-refractivity contribution is 5.34. The Morgan fingerprint density at radius 1 is 0.903 bits per heavy atom. The number of likely N-dealkylation sites (tertiary alicyclic amines) is 1. The maximum atomic E-state index is 16.1. The lowest BCUT2D eigenvalue weighted by Crippen LogP contribution is -2.47. The molecule has 0 aliphatic carbocycles. The molecule has 162 valence electrons. The van der Waals surface area contributed by atoms with Crippen LogP contribution in [0, 0.1) is 5.92 Å². The van der Waals surface area contributed by atoms with Gasteiger partial charge in [-0.2, -0.15) is 0 Å². The van der Waals surface area contributed by atoms with E-state index in [1.807, 2.05) is 91.9 Å². The number of piperidine rings is 1. The van der Waals surface area contributed by atoms with Crippen molar-refractivity contribution in [2.75, 3.05) is 26.2 Å². The number of rotatable bonds is 8. The lowest BCUT2D eigenvalue weighted by atomic mass is 9.78. The summed E-state index contributed by atoms with van der Waals surface area (Å²) in [6.45, 7) is 5.32. The molecule has 1 aliphatic rings. The fourth-order valence-corrected chi connectivity index (χ4v) is 4.22. The Morgan fingerprint density at radius 2 is 1.61 bits per heavy atom. The number of ether oxygens (including phenoxy) is 2. The number of alkyl halides is 1. The number of nitrogens with zero attached hydrogens (tertiary/aromatic N) is 1. The van der Waals surface area contributed by atoms with Gasteiger partial charge in [0, 0.05) is 25.6 Å². The quantitative estimate of drug-likeness (QED) is 0.457. The molecule has 0 spiro atoms. The monoisotopic (exact) mass is 419 g/mol. The van der Waals surface area contributed by atoms with Crippen LogP contribution in [0.25, 0.3) is 0 Å². The molecule has 0 N–H and O–H groups in total. The zero-order valence-corrected chi connectivity index (χ0v) is 18.0. The van der Waals surface area contributed by atoms with E-state index < -0.39 is 5.67 Å². The molecular weight excluding hydrogens is 389 g/mol. The summed E-state index contributed by atoms with van der Waals surface area (Å²) >= 11 is 0. The summed E-state index contributed by atoms with van der Waals surface area (Å²) in [6.07, 6.45) is 0.474. The van der Waals surface area contributed by atoms with E-state index in [9.17, 15) is 0 Å². The van der Waals surface area contributed by atoms with Gasteiger partial charge in [0.15, 0.2) is 0 Å². The van der Waals surface area contributed by atoms with Gasteiger partial charge < -0.3 is 9.47 Å². The molecular formula is C27H30FNO2. The number of halogens is 1. The van der Waals surface area contributed by atoms with Crippen molar-refractivity contribution >= 4 is 0 Å². The fourth-order valence-electron chi connectivity index (χ4n) is 4.22. The van der Waals surface area contributed by atoms with E-state index in [2.05, 4.69) is 4.90 Å². The summed E-state index contributed by atoms with van der Waals surface area (Å²) in [4.78, 5) is 2.29. The molecule has 0 amide bonds. The molecule has 2 unspecified atom stereocenters. The van der Waals surface area contributed by atoms with Crippen molar-refractivity contribution in [2.24, 2.45) is 5.92 Å². The average molecular weight is 420 g/mol. The molecule has 3 nitrogen and oxygen atoms in total. The fraction of sp³-hybridized carbons (Fsp3) is 0.333. The second-order valence-electron chi connectivity index (χ2n) is 8.28. The Labute approximate surface area is 184 Å². The summed E-state index contributed by atoms with van der Waals surface area (Å²) in [7, 11) is 0. The normalized spacial score (nSPS) is 21.5. The molecule has 3 aromatic rings. The van der Waals surface area contributed by atoms with E-state index in [0.717, 1.165) is 17.9 Å². The molecule has 1 saturated heterocycles. The first kappa shape index (κ1) is 21.4. The van der Waals surface area contributed by atoms with Crippen LogP contribution in [0.2, 0.25) is 0 Å². The van der Waals surface area contributed by atoms with Crippen LogP contribution in [0.1, 0.15) is 24.5 Å². The van der Waals surface area contributed by atoms with Crippen LogP contribution in [-0.4, -0.2) is 31.1 Å². The molecule has 1 heterocycles. The van der Waals surface area contributed by atoms with Crippen LogP contribution >= 0.6 is 0 Å². The molecule has 3 aromatic carbocycles. The lowest BCUT2D eigenvalue weighted by Gasteiger charge is -2.41. The lowest BCUT2D eigenvalue weighted by molar-refractivity contribution is -0.00218. The van der Waals surface area contributed by atoms with E-state index in [0.29, 0.717) is 44.0 Å². The number of benzene rings is 3. The Morgan fingerprint density at radius 3 is 2.35 bits per heavy atom. The van der Waals surface area contributed by atoms with Gasteiger partial charge in [0.05, 0.1) is 0 Å². The first-order valence-electron chi connectivity index (χ1n) is 11.0. The van der Waals surface area contributed by atoms with Crippen LogP contribution in [0.5, 0.6) is 11.5 Å². The molecule has 4 rings (SSSR count). The van der Waals surface area contributed by atoms with E-state index in [1.165, 1.54) is 0 Å². The molecule has 4 heteroatoms. The zero-order chi connectivity index (χ0) is 21.5. The molecule has 2 atom stereocenters. The Balaban J connectivity index is 1.33. The molecule has 1 fully saturated rings. The molecule has 0 aromatic heterocycles. The van der Waals surface area contributed by atoms with Gasteiger partial charge in [0.1, 0.15) is 30.4 Å². The molecule has 31 heavy (non-hydrogen) atoms. The summed E-state index contributed by atoms with van der Waals surface area (Å²) in [5.41, 5.74) is 0.469.